The Labute approximate surface area is 76.6 Å². The molecule has 1 heterocycles. The summed E-state index contributed by atoms with van der Waals surface area (Å²) < 4.78 is 9.25. The van der Waals surface area contributed by atoms with Gasteiger partial charge in [0.2, 0.25) is 0 Å². The number of rotatable bonds is 3. The second-order valence-electron chi connectivity index (χ2n) is 2.78. The highest BCUT2D eigenvalue weighted by Gasteiger charge is 2.19. The highest BCUT2D eigenvalue weighted by molar-refractivity contribution is 5.72. The number of ether oxygens (including phenoxy) is 2. The summed E-state index contributed by atoms with van der Waals surface area (Å²) in [6, 6.07) is 0. The lowest BCUT2D eigenvalue weighted by Crippen LogP contribution is -2.38. The summed E-state index contributed by atoms with van der Waals surface area (Å²) >= 11 is 0. The summed E-state index contributed by atoms with van der Waals surface area (Å²) in [7, 11) is 1.33. The topological polar surface area (TPSA) is 55.8 Å². The lowest BCUT2D eigenvalue weighted by Gasteiger charge is -2.25. The normalized spacial score (nSPS) is 16.7. The standard InChI is InChI=1S/C8H13NO4/c1-12-7(10)3-5-9-4-2-6-13-8(9)11/h2-6H2,1H3. The first-order valence-electron chi connectivity index (χ1n) is 4.22. The molecule has 1 aliphatic rings. The Morgan fingerprint density at radius 3 is 3.08 bits per heavy atom. The van der Waals surface area contributed by atoms with E-state index < -0.39 is 0 Å². The van der Waals surface area contributed by atoms with Crippen molar-refractivity contribution in [2.75, 3.05) is 26.8 Å². The van der Waals surface area contributed by atoms with Crippen molar-refractivity contribution in [2.45, 2.75) is 12.8 Å². The summed E-state index contributed by atoms with van der Waals surface area (Å²) in [6.07, 6.45) is 0.716. The molecule has 0 unspecified atom stereocenters. The molecule has 0 aromatic heterocycles. The molecule has 0 saturated carbocycles. The van der Waals surface area contributed by atoms with E-state index in [1.165, 1.54) is 12.0 Å². The quantitative estimate of drug-likeness (QED) is 0.600. The Bertz CT molecular complexity index is 204. The van der Waals surface area contributed by atoms with Gasteiger partial charge in [0, 0.05) is 13.1 Å². The minimum atomic E-state index is -0.338. The van der Waals surface area contributed by atoms with Gasteiger partial charge in [0.25, 0.3) is 0 Å². The number of methoxy groups -OCH3 is 1. The first kappa shape index (κ1) is 9.83. The Morgan fingerprint density at radius 1 is 1.69 bits per heavy atom. The molecule has 5 nitrogen and oxygen atoms in total. The van der Waals surface area contributed by atoms with Gasteiger partial charge >= 0.3 is 12.1 Å². The highest BCUT2D eigenvalue weighted by atomic mass is 16.6. The van der Waals surface area contributed by atoms with E-state index in [9.17, 15) is 9.59 Å². The molecule has 0 aromatic carbocycles. The number of carbonyl (C=O) groups is 2. The minimum absolute atomic E-state index is 0.228. The number of hydrogen-bond acceptors (Lipinski definition) is 4. The molecular formula is C8H13NO4. The molecule has 0 spiro atoms. The Morgan fingerprint density at radius 2 is 2.46 bits per heavy atom. The van der Waals surface area contributed by atoms with Crippen LogP contribution in [0.25, 0.3) is 0 Å². The van der Waals surface area contributed by atoms with Crippen LogP contribution < -0.4 is 0 Å². The SMILES string of the molecule is COC(=O)CCN1CCCOC1=O. The van der Waals surface area contributed by atoms with Gasteiger partial charge in [-0.2, -0.15) is 0 Å². The molecular weight excluding hydrogens is 174 g/mol. The molecule has 0 aliphatic carbocycles. The molecule has 0 bridgehead atoms. The van der Waals surface area contributed by atoms with Crippen molar-refractivity contribution in [3.05, 3.63) is 0 Å². The van der Waals surface area contributed by atoms with Crippen molar-refractivity contribution in [3.63, 3.8) is 0 Å². The number of cyclic esters (lactones) is 1. The van der Waals surface area contributed by atoms with Gasteiger partial charge < -0.3 is 14.4 Å². The molecule has 5 heteroatoms. The van der Waals surface area contributed by atoms with Gasteiger partial charge in [-0.1, -0.05) is 0 Å². The van der Waals surface area contributed by atoms with Gasteiger partial charge in [0.15, 0.2) is 0 Å². The predicted molar refractivity (Wildman–Crippen MR) is 44.2 cm³/mol. The summed E-state index contributed by atoms with van der Waals surface area (Å²) in [6.45, 7) is 1.52. The van der Waals surface area contributed by atoms with Crippen molar-refractivity contribution in [3.8, 4) is 0 Å². The maximum absolute atomic E-state index is 11.0. The van der Waals surface area contributed by atoms with Crippen LogP contribution in [0.4, 0.5) is 4.79 Å². The number of esters is 1. The second-order valence-corrected chi connectivity index (χ2v) is 2.78. The minimum Gasteiger partial charge on any atom is -0.469 e. The molecule has 0 N–H and O–H groups in total. The molecule has 0 aromatic rings. The number of hydrogen-bond donors (Lipinski definition) is 0. The van der Waals surface area contributed by atoms with Gasteiger partial charge in [-0.15, -0.1) is 0 Å². The summed E-state index contributed by atoms with van der Waals surface area (Å²) in [5, 5.41) is 0. The molecule has 1 rings (SSSR count). The zero-order chi connectivity index (χ0) is 9.68. The number of amides is 1. The molecule has 13 heavy (non-hydrogen) atoms. The Hall–Kier alpha value is -1.26. The fourth-order valence-corrected chi connectivity index (χ4v) is 1.13. The molecule has 0 atom stereocenters. The van der Waals surface area contributed by atoms with Crippen LogP contribution in [-0.2, 0) is 14.3 Å². The third kappa shape index (κ3) is 2.93. The summed E-state index contributed by atoms with van der Waals surface area (Å²) in [5.41, 5.74) is 0. The van der Waals surface area contributed by atoms with Crippen molar-refractivity contribution in [2.24, 2.45) is 0 Å². The van der Waals surface area contributed by atoms with Crippen molar-refractivity contribution in [1.82, 2.24) is 4.90 Å². The second kappa shape index (κ2) is 4.69. The molecule has 1 aliphatic heterocycles. The average Bonchev–Trinajstić information content (AvgIpc) is 2.16. The Kier molecular flexibility index (Phi) is 3.54. The van der Waals surface area contributed by atoms with E-state index in [1.54, 1.807) is 0 Å². The van der Waals surface area contributed by atoms with Gasteiger partial charge in [-0.05, 0) is 6.42 Å². The van der Waals surface area contributed by atoms with Crippen molar-refractivity contribution < 1.29 is 19.1 Å². The van der Waals surface area contributed by atoms with Crippen molar-refractivity contribution in [1.29, 1.82) is 0 Å². The first-order chi connectivity index (χ1) is 6.24. The smallest absolute Gasteiger partial charge is 0.409 e. The zero-order valence-electron chi connectivity index (χ0n) is 7.62. The van der Waals surface area contributed by atoms with Crippen LogP contribution >= 0.6 is 0 Å². The van der Waals surface area contributed by atoms with Crippen molar-refractivity contribution >= 4 is 12.1 Å². The monoisotopic (exact) mass is 187 g/mol. The largest absolute Gasteiger partial charge is 0.469 e. The van der Waals surface area contributed by atoms with E-state index in [2.05, 4.69) is 4.74 Å². The van der Waals surface area contributed by atoms with Crippen LogP contribution in [0.5, 0.6) is 0 Å². The van der Waals surface area contributed by atoms with Crippen LogP contribution in [0.1, 0.15) is 12.8 Å². The summed E-state index contributed by atoms with van der Waals surface area (Å²) in [4.78, 5) is 23.3. The van der Waals surface area contributed by atoms with Crippen LogP contribution in [0.2, 0.25) is 0 Å². The maximum atomic E-state index is 11.0. The van der Waals surface area contributed by atoms with Crippen LogP contribution in [0.3, 0.4) is 0 Å². The van der Waals surface area contributed by atoms with E-state index in [0.29, 0.717) is 19.7 Å². The lowest BCUT2D eigenvalue weighted by molar-refractivity contribution is -0.140. The first-order valence-corrected chi connectivity index (χ1v) is 4.22. The molecule has 0 radical (unpaired) electrons. The van der Waals surface area contributed by atoms with Gasteiger partial charge in [-0.25, -0.2) is 4.79 Å². The van der Waals surface area contributed by atoms with E-state index in [4.69, 9.17) is 4.74 Å². The van der Waals surface area contributed by atoms with E-state index in [0.717, 1.165) is 6.42 Å². The van der Waals surface area contributed by atoms with E-state index in [1.807, 2.05) is 0 Å². The fourth-order valence-electron chi connectivity index (χ4n) is 1.13. The van der Waals surface area contributed by atoms with Crippen LogP contribution in [0.15, 0.2) is 0 Å². The Balaban J connectivity index is 2.26. The van der Waals surface area contributed by atoms with Crippen LogP contribution in [-0.4, -0.2) is 43.8 Å². The molecule has 1 fully saturated rings. The third-order valence-corrected chi connectivity index (χ3v) is 1.87. The molecule has 1 amide bonds. The van der Waals surface area contributed by atoms with Crippen LogP contribution in [0, 0.1) is 0 Å². The van der Waals surface area contributed by atoms with E-state index >= 15 is 0 Å². The highest BCUT2D eigenvalue weighted by Crippen LogP contribution is 2.05. The molecule has 74 valence electrons. The van der Waals surface area contributed by atoms with E-state index in [-0.39, 0.29) is 18.5 Å². The number of carbonyl (C=O) groups excluding carboxylic acids is 2. The third-order valence-electron chi connectivity index (χ3n) is 1.87. The van der Waals surface area contributed by atoms with Gasteiger partial charge in [0.1, 0.15) is 0 Å². The lowest BCUT2D eigenvalue weighted by atomic mass is 10.3. The summed E-state index contributed by atoms with van der Waals surface area (Å²) in [5.74, 6) is -0.307. The van der Waals surface area contributed by atoms with Gasteiger partial charge in [0.05, 0.1) is 20.1 Å². The van der Waals surface area contributed by atoms with Gasteiger partial charge in [-0.3, -0.25) is 4.79 Å². The average molecular weight is 187 g/mol. The molecule has 1 saturated heterocycles. The number of nitrogens with zero attached hydrogens (tertiary/aromatic N) is 1. The maximum Gasteiger partial charge on any atom is 0.409 e. The predicted octanol–water partition coefficient (Wildman–Crippen LogP) is 0.392. The zero-order valence-corrected chi connectivity index (χ0v) is 7.62. The fraction of sp³-hybridized carbons (Fsp3) is 0.750.